The molecule has 0 aliphatic carbocycles. The highest BCUT2D eigenvalue weighted by molar-refractivity contribution is 5.96. The third kappa shape index (κ3) is 4.35. The summed E-state index contributed by atoms with van der Waals surface area (Å²) in [4.78, 5) is 12.6. The molecule has 1 heterocycles. The lowest BCUT2D eigenvalue weighted by Gasteiger charge is -2.17. The lowest BCUT2D eigenvalue weighted by molar-refractivity contribution is 0.0929. The molecule has 1 N–H and O–H groups in total. The zero-order valence-corrected chi connectivity index (χ0v) is 14.7. The molecular weight excluding hydrogens is 324 g/mol. The second kappa shape index (κ2) is 8.83. The molecule has 134 valence electrons. The quantitative estimate of drug-likeness (QED) is 0.778. The molecule has 1 aliphatic rings. The van der Waals surface area contributed by atoms with Crippen molar-refractivity contribution in [1.82, 2.24) is 5.32 Å². The second-order valence-electron chi connectivity index (χ2n) is 5.07. The highest BCUT2D eigenvalue weighted by atomic mass is 16.5. The highest BCUT2D eigenvalue weighted by Gasteiger charge is 2.22. The lowest BCUT2D eigenvalue weighted by Crippen LogP contribution is -2.24. The Morgan fingerprint density at radius 2 is 1.76 bits per heavy atom. The first kappa shape index (κ1) is 18.5. The molecular formula is C18H22N2O5. The van der Waals surface area contributed by atoms with E-state index < -0.39 is 5.91 Å². The standard InChI is InChI=1S/C18H22N2O5/c1-4-22-14-9-13(10-15(23-5-2)16(14)24-6-3)17(21)20-18-12(11-19)7-8-25-18/h9-10H,4-8H2,1-3H3,(H,20,21). The maximum Gasteiger partial charge on any atom is 0.258 e. The van der Waals surface area contributed by atoms with Gasteiger partial charge >= 0.3 is 0 Å². The van der Waals surface area contributed by atoms with E-state index in [0.717, 1.165) is 0 Å². The molecule has 1 amide bonds. The molecule has 1 aromatic carbocycles. The Morgan fingerprint density at radius 3 is 2.28 bits per heavy atom. The first-order valence-corrected chi connectivity index (χ1v) is 8.28. The fraction of sp³-hybridized carbons (Fsp3) is 0.444. The summed E-state index contributed by atoms with van der Waals surface area (Å²) < 4.78 is 22.1. The molecule has 0 spiro atoms. The van der Waals surface area contributed by atoms with Crippen LogP contribution in [0.15, 0.2) is 23.6 Å². The summed E-state index contributed by atoms with van der Waals surface area (Å²) in [5, 5.41) is 11.7. The van der Waals surface area contributed by atoms with E-state index >= 15 is 0 Å². The van der Waals surface area contributed by atoms with Crippen LogP contribution in [0.2, 0.25) is 0 Å². The Kier molecular flexibility index (Phi) is 6.52. The normalized spacial score (nSPS) is 13.0. The molecule has 0 aromatic heterocycles. The predicted molar refractivity (Wildman–Crippen MR) is 90.6 cm³/mol. The summed E-state index contributed by atoms with van der Waals surface area (Å²) in [6.07, 6.45) is 0.490. The molecule has 7 heteroatoms. The van der Waals surface area contributed by atoms with E-state index in [4.69, 9.17) is 24.2 Å². The number of hydrogen-bond donors (Lipinski definition) is 1. The van der Waals surface area contributed by atoms with Gasteiger partial charge in [0.1, 0.15) is 6.07 Å². The minimum atomic E-state index is -0.408. The molecule has 0 atom stereocenters. The van der Waals surface area contributed by atoms with E-state index in [-0.39, 0.29) is 5.88 Å². The number of hydrogen-bond acceptors (Lipinski definition) is 6. The van der Waals surface area contributed by atoms with Gasteiger partial charge < -0.3 is 18.9 Å². The van der Waals surface area contributed by atoms with E-state index in [1.54, 1.807) is 12.1 Å². The average molecular weight is 346 g/mol. The summed E-state index contributed by atoms with van der Waals surface area (Å²) in [7, 11) is 0. The molecule has 0 saturated heterocycles. The third-order valence-corrected chi connectivity index (χ3v) is 3.41. The molecule has 7 nitrogen and oxygen atoms in total. The minimum absolute atomic E-state index is 0.206. The molecule has 0 saturated carbocycles. The van der Waals surface area contributed by atoms with Crippen LogP contribution >= 0.6 is 0 Å². The number of ether oxygens (including phenoxy) is 4. The van der Waals surface area contributed by atoms with Crippen LogP contribution in [0.5, 0.6) is 17.2 Å². The van der Waals surface area contributed by atoms with Gasteiger partial charge in [-0.25, -0.2) is 0 Å². The fourth-order valence-electron chi connectivity index (χ4n) is 2.37. The lowest BCUT2D eigenvalue weighted by atomic mass is 10.1. The zero-order valence-electron chi connectivity index (χ0n) is 14.7. The highest BCUT2D eigenvalue weighted by Crippen LogP contribution is 2.39. The monoisotopic (exact) mass is 346 g/mol. The van der Waals surface area contributed by atoms with Crippen molar-refractivity contribution in [2.24, 2.45) is 0 Å². The third-order valence-electron chi connectivity index (χ3n) is 3.41. The number of carbonyl (C=O) groups is 1. The summed E-state index contributed by atoms with van der Waals surface area (Å²) in [6.45, 7) is 7.22. The van der Waals surface area contributed by atoms with E-state index in [0.29, 0.717) is 61.2 Å². The molecule has 0 unspecified atom stereocenters. The Morgan fingerprint density at radius 1 is 1.16 bits per heavy atom. The molecule has 1 aromatic rings. The van der Waals surface area contributed by atoms with Crippen molar-refractivity contribution in [3.8, 4) is 23.3 Å². The second-order valence-corrected chi connectivity index (χ2v) is 5.07. The maximum absolute atomic E-state index is 12.6. The minimum Gasteiger partial charge on any atom is -0.490 e. The van der Waals surface area contributed by atoms with E-state index in [1.165, 1.54) is 0 Å². The van der Waals surface area contributed by atoms with Gasteiger partial charge in [0.05, 0.1) is 32.0 Å². The Labute approximate surface area is 147 Å². The summed E-state index contributed by atoms with van der Waals surface area (Å²) in [5.41, 5.74) is 0.755. The van der Waals surface area contributed by atoms with Crippen LogP contribution in [-0.4, -0.2) is 32.3 Å². The molecule has 1 aliphatic heterocycles. The predicted octanol–water partition coefficient (Wildman–Crippen LogP) is 2.77. The Balaban J connectivity index is 2.36. The van der Waals surface area contributed by atoms with Crippen LogP contribution in [0.4, 0.5) is 0 Å². The van der Waals surface area contributed by atoms with Crippen LogP contribution in [-0.2, 0) is 4.74 Å². The van der Waals surface area contributed by atoms with Gasteiger partial charge in [0.15, 0.2) is 11.5 Å². The summed E-state index contributed by atoms with van der Waals surface area (Å²) >= 11 is 0. The number of nitriles is 1. The smallest absolute Gasteiger partial charge is 0.258 e. The molecule has 0 radical (unpaired) electrons. The van der Waals surface area contributed by atoms with Crippen LogP contribution < -0.4 is 19.5 Å². The number of amides is 1. The van der Waals surface area contributed by atoms with Crippen LogP contribution in [0.25, 0.3) is 0 Å². The van der Waals surface area contributed by atoms with E-state index in [9.17, 15) is 4.79 Å². The topological polar surface area (TPSA) is 89.8 Å². The first-order valence-electron chi connectivity index (χ1n) is 8.28. The van der Waals surface area contributed by atoms with E-state index in [1.807, 2.05) is 26.8 Å². The van der Waals surface area contributed by atoms with Crippen molar-refractivity contribution in [2.75, 3.05) is 26.4 Å². The Bertz CT molecular complexity index is 679. The van der Waals surface area contributed by atoms with Crippen molar-refractivity contribution >= 4 is 5.91 Å². The molecule has 2 rings (SSSR count). The Hall–Kier alpha value is -2.88. The van der Waals surface area contributed by atoms with Crippen molar-refractivity contribution in [3.05, 3.63) is 29.2 Å². The first-order chi connectivity index (χ1) is 12.1. The summed E-state index contributed by atoms with van der Waals surface area (Å²) in [5.74, 6) is 1.13. The van der Waals surface area contributed by atoms with Crippen molar-refractivity contribution < 1.29 is 23.7 Å². The SMILES string of the molecule is CCOc1cc(C(=O)NC2=C(C#N)CCO2)cc(OCC)c1OCC. The number of rotatable bonds is 8. The number of carbonyl (C=O) groups excluding carboxylic acids is 1. The van der Waals surface area contributed by atoms with Gasteiger partial charge in [-0.15, -0.1) is 0 Å². The van der Waals surface area contributed by atoms with Crippen molar-refractivity contribution in [3.63, 3.8) is 0 Å². The fourth-order valence-corrected chi connectivity index (χ4v) is 2.37. The average Bonchev–Trinajstić information content (AvgIpc) is 3.05. The maximum atomic E-state index is 12.6. The number of nitrogens with zero attached hydrogens (tertiary/aromatic N) is 1. The number of benzene rings is 1. The largest absolute Gasteiger partial charge is 0.490 e. The van der Waals surface area contributed by atoms with Crippen molar-refractivity contribution in [1.29, 1.82) is 5.26 Å². The van der Waals surface area contributed by atoms with Crippen LogP contribution in [0, 0.1) is 11.3 Å². The van der Waals surface area contributed by atoms with Gasteiger partial charge in [-0.3, -0.25) is 10.1 Å². The number of nitrogens with one attached hydrogen (secondary N) is 1. The molecule has 0 fully saturated rings. The van der Waals surface area contributed by atoms with Crippen LogP contribution in [0.1, 0.15) is 37.6 Å². The van der Waals surface area contributed by atoms with Gasteiger partial charge in [-0.05, 0) is 32.9 Å². The zero-order chi connectivity index (χ0) is 18.2. The van der Waals surface area contributed by atoms with Crippen LogP contribution in [0.3, 0.4) is 0 Å². The van der Waals surface area contributed by atoms with Crippen molar-refractivity contribution in [2.45, 2.75) is 27.2 Å². The van der Waals surface area contributed by atoms with Gasteiger partial charge in [0, 0.05) is 12.0 Å². The molecule has 25 heavy (non-hydrogen) atoms. The van der Waals surface area contributed by atoms with Gasteiger partial charge in [-0.2, -0.15) is 5.26 Å². The van der Waals surface area contributed by atoms with E-state index in [2.05, 4.69) is 5.32 Å². The van der Waals surface area contributed by atoms with Gasteiger partial charge in [0.2, 0.25) is 11.6 Å². The van der Waals surface area contributed by atoms with Gasteiger partial charge in [-0.1, -0.05) is 0 Å². The molecule has 0 bridgehead atoms. The van der Waals surface area contributed by atoms with Gasteiger partial charge in [0.25, 0.3) is 5.91 Å². The summed E-state index contributed by atoms with van der Waals surface area (Å²) in [6, 6.07) is 5.21.